The van der Waals surface area contributed by atoms with Crippen molar-refractivity contribution in [3.05, 3.63) is 42.9 Å². The molecule has 0 saturated heterocycles. The van der Waals surface area contributed by atoms with Crippen LogP contribution in [0.4, 0.5) is 11.6 Å². The molecule has 0 aliphatic heterocycles. The molecule has 1 fully saturated rings. The molecule has 3 N–H and O–H groups in total. The van der Waals surface area contributed by atoms with Crippen molar-refractivity contribution in [1.29, 1.82) is 0 Å². The molecule has 0 spiro atoms. The van der Waals surface area contributed by atoms with E-state index in [0.717, 1.165) is 36.5 Å². The van der Waals surface area contributed by atoms with Crippen LogP contribution >= 0.6 is 11.3 Å². The van der Waals surface area contributed by atoms with Crippen LogP contribution in [0.2, 0.25) is 0 Å². The normalized spacial score (nSPS) is 15.3. The summed E-state index contributed by atoms with van der Waals surface area (Å²) >= 11 is 1.34. The lowest BCUT2D eigenvalue weighted by Crippen LogP contribution is -2.23. The van der Waals surface area contributed by atoms with E-state index in [9.17, 15) is 12.6 Å². The molecule has 0 amide bonds. The van der Waals surface area contributed by atoms with Crippen LogP contribution in [0.25, 0.3) is 32.7 Å². The largest absolute Gasteiger partial charge is 0.396 e. The highest BCUT2D eigenvalue weighted by molar-refractivity contribution is 7.92. The zero-order chi connectivity index (χ0) is 23.2. The second-order valence-electron chi connectivity index (χ2n) is 7.77. The van der Waals surface area contributed by atoms with Gasteiger partial charge >= 0.3 is 0 Å². The first-order valence-corrected chi connectivity index (χ1v) is 14.1. The maximum Gasteiger partial charge on any atom is 0.236 e. The smallest absolute Gasteiger partial charge is 0.236 e. The van der Waals surface area contributed by atoms with Crippen LogP contribution in [0.1, 0.15) is 19.3 Å². The number of nitrogen functional groups attached to an aromatic ring is 1. The number of anilines is 2. The maximum absolute atomic E-state index is 13.1. The van der Waals surface area contributed by atoms with Crippen molar-refractivity contribution in [1.82, 2.24) is 19.9 Å². The van der Waals surface area contributed by atoms with E-state index < -0.39 is 20.8 Å². The van der Waals surface area contributed by atoms with E-state index in [2.05, 4.69) is 19.7 Å². The molecule has 0 radical (unpaired) electrons. The van der Waals surface area contributed by atoms with Gasteiger partial charge in [-0.15, -0.1) is 11.3 Å². The van der Waals surface area contributed by atoms with Gasteiger partial charge in [0, 0.05) is 40.4 Å². The molecule has 12 heteroatoms. The predicted molar refractivity (Wildman–Crippen MR) is 131 cm³/mol. The number of nitrogens with zero attached hydrogens (tertiary/aromatic N) is 4. The molecule has 1 saturated carbocycles. The SMILES string of the molecule is CS(=O)(=O)Nc1ncc(-c2cc(-c3ccccn3)c3c(N)c(S(=O)C4CCC4)sc3n2)cn1. The second-order valence-corrected chi connectivity index (χ2v) is 12.4. The Morgan fingerprint density at radius 2 is 1.91 bits per heavy atom. The number of hydrogen-bond acceptors (Lipinski definition) is 9. The number of rotatable bonds is 6. The zero-order valence-electron chi connectivity index (χ0n) is 17.6. The summed E-state index contributed by atoms with van der Waals surface area (Å²) in [5, 5.41) is 0.878. The Hall–Kier alpha value is -2.96. The summed E-state index contributed by atoms with van der Waals surface area (Å²) in [6.45, 7) is 0. The first-order valence-electron chi connectivity index (χ1n) is 10.2. The Morgan fingerprint density at radius 3 is 2.52 bits per heavy atom. The fraction of sp³-hybridized carbons (Fsp3) is 0.238. The van der Waals surface area contributed by atoms with Crippen LogP contribution in [0.15, 0.2) is 47.1 Å². The van der Waals surface area contributed by atoms with Crippen molar-refractivity contribution in [2.45, 2.75) is 28.7 Å². The van der Waals surface area contributed by atoms with Crippen molar-refractivity contribution in [3.63, 3.8) is 0 Å². The Morgan fingerprint density at radius 1 is 1.15 bits per heavy atom. The molecule has 5 rings (SSSR count). The van der Waals surface area contributed by atoms with Crippen LogP contribution in [0, 0.1) is 0 Å². The van der Waals surface area contributed by atoms with Crippen LogP contribution in [-0.2, 0) is 20.8 Å². The summed E-state index contributed by atoms with van der Waals surface area (Å²) in [6.07, 6.45) is 8.71. The Bertz CT molecular complexity index is 1470. The summed E-state index contributed by atoms with van der Waals surface area (Å²) < 4.78 is 38.8. The topological polar surface area (TPSA) is 141 Å². The average molecular weight is 501 g/mol. The minimum absolute atomic E-state index is 0.0224. The standard InChI is InChI=1S/C21H20N6O3S3/c1-33(29,30)27-21-24-10-12(11-25-21)16-9-14(15-7-2-3-8-23-15)17-18(22)20(31-19(17)26-16)32(28)13-5-4-6-13/h2-3,7-11,13H,4-6,22H2,1H3,(H,24,25,27). The number of nitrogens with two attached hydrogens (primary N) is 1. The van der Waals surface area contributed by atoms with Crippen LogP contribution in [0.5, 0.6) is 0 Å². The number of hydrogen-bond donors (Lipinski definition) is 2. The lowest BCUT2D eigenvalue weighted by Gasteiger charge is -2.23. The molecule has 1 unspecified atom stereocenters. The number of thiophene rings is 1. The van der Waals surface area contributed by atoms with Crippen molar-refractivity contribution >= 4 is 54.0 Å². The zero-order valence-corrected chi connectivity index (χ0v) is 20.0. The fourth-order valence-corrected chi connectivity index (χ4v) is 7.18. The molecular weight excluding hydrogens is 480 g/mol. The Kier molecular flexibility index (Phi) is 5.59. The van der Waals surface area contributed by atoms with Gasteiger partial charge < -0.3 is 5.73 Å². The van der Waals surface area contributed by atoms with Crippen molar-refractivity contribution in [2.24, 2.45) is 0 Å². The number of nitrogens with one attached hydrogen (secondary N) is 1. The molecule has 170 valence electrons. The van der Waals surface area contributed by atoms with Gasteiger partial charge in [0.05, 0.1) is 34.1 Å². The van der Waals surface area contributed by atoms with E-state index in [-0.39, 0.29) is 11.2 Å². The van der Waals surface area contributed by atoms with E-state index in [1.165, 1.54) is 23.7 Å². The fourth-order valence-electron chi connectivity index (χ4n) is 3.54. The van der Waals surface area contributed by atoms with Crippen LogP contribution in [-0.4, -0.2) is 44.1 Å². The number of aromatic nitrogens is 4. The summed E-state index contributed by atoms with van der Waals surface area (Å²) in [5.74, 6) is -0.0224. The summed E-state index contributed by atoms with van der Waals surface area (Å²) in [4.78, 5) is 18.1. The second kappa shape index (κ2) is 8.43. The van der Waals surface area contributed by atoms with Gasteiger partial charge in [0.25, 0.3) is 0 Å². The lowest BCUT2D eigenvalue weighted by atomic mass is 10.0. The quantitative estimate of drug-likeness (QED) is 0.410. The van der Waals surface area contributed by atoms with Gasteiger partial charge in [-0.3, -0.25) is 13.9 Å². The third-order valence-corrected chi connectivity index (χ3v) is 9.22. The van der Waals surface area contributed by atoms with E-state index in [0.29, 0.717) is 31.7 Å². The maximum atomic E-state index is 13.1. The molecule has 4 heterocycles. The minimum atomic E-state index is -3.48. The summed E-state index contributed by atoms with van der Waals surface area (Å²) in [5.41, 5.74) is 9.68. The van der Waals surface area contributed by atoms with E-state index in [1.807, 2.05) is 24.3 Å². The number of pyridine rings is 2. The van der Waals surface area contributed by atoms with Gasteiger partial charge in [0.15, 0.2) is 0 Å². The first kappa shape index (κ1) is 21.9. The van der Waals surface area contributed by atoms with Crippen LogP contribution in [0.3, 0.4) is 0 Å². The molecule has 4 aromatic heterocycles. The molecule has 9 nitrogen and oxygen atoms in total. The van der Waals surface area contributed by atoms with Crippen molar-refractivity contribution in [2.75, 3.05) is 16.7 Å². The number of sulfonamides is 1. The molecular formula is C21H20N6O3S3. The third kappa shape index (κ3) is 4.33. The van der Waals surface area contributed by atoms with Gasteiger partial charge in [-0.05, 0) is 31.0 Å². The van der Waals surface area contributed by atoms with Gasteiger partial charge in [-0.25, -0.2) is 23.4 Å². The molecule has 1 aliphatic rings. The van der Waals surface area contributed by atoms with Crippen molar-refractivity contribution < 1.29 is 12.6 Å². The van der Waals surface area contributed by atoms with Crippen LogP contribution < -0.4 is 10.5 Å². The van der Waals surface area contributed by atoms with E-state index >= 15 is 0 Å². The van der Waals surface area contributed by atoms with E-state index in [4.69, 9.17) is 10.7 Å². The van der Waals surface area contributed by atoms with Gasteiger partial charge in [-0.1, -0.05) is 12.5 Å². The van der Waals surface area contributed by atoms with E-state index in [1.54, 1.807) is 6.20 Å². The lowest BCUT2D eigenvalue weighted by molar-refractivity contribution is 0.505. The monoisotopic (exact) mass is 500 g/mol. The van der Waals surface area contributed by atoms with Gasteiger partial charge in [0.2, 0.25) is 16.0 Å². The van der Waals surface area contributed by atoms with Gasteiger partial charge in [0.1, 0.15) is 9.04 Å². The molecule has 4 aromatic rings. The Labute approximate surface area is 197 Å². The predicted octanol–water partition coefficient (Wildman–Crippen LogP) is 3.43. The molecule has 1 aliphatic carbocycles. The average Bonchev–Trinajstić information content (AvgIpc) is 3.08. The summed E-state index contributed by atoms with van der Waals surface area (Å²) in [6, 6.07) is 7.46. The highest BCUT2D eigenvalue weighted by Gasteiger charge is 2.29. The Balaban J connectivity index is 1.65. The van der Waals surface area contributed by atoms with Crippen molar-refractivity contribution in [3.8, 4) is 22.5 Å². The molecule has 33 heavy (non-hydrogen) atoms. The molecule has 0 bridgehead atoms. The third-order valence-electron chi connectivity index (χ3n) is 5.37. The van der Waals surface area contributed by atoms with Gasteiger partial charge in [-0.2, -0.15) is 0 Å². The molecule has 0 aromatic carbocycles. The highest BCUT2D eigenvalue weighted by atomic mass is 32.2. The first-order chi connectivity index (χ1) is 15.8. The summed E-state index contributed by atoms with van der Waals surface area (Å²) in [7, 11) is -4.65. The highest BCUT2D eigenvalue weighted by Crippen LogP contribution is 2.44. The minimum Gasteiger partial charge on any atom is -0.396 e. The number of fused-ring (bicyclic) bond motifs is 1. The molecule has 1 atom stereocenters.